The number of carboxylic acids is 1. The minimum Gasteiger partial charge on any atom is -0.480 e. The van der Waals surface area contributed by atoms with Crippen molar-refractivity contribution in [1.29, 1.82) is 0 Å². The summed E-state index contributed by atoms with van der Waals surface area (Å²) in [6, 6.07) is 15.4. The first-order valence-corrected chi connectivity index (χ1v) is 8.74. The normalized spacial score (nSPS) is 17.0. The van der Waals surface area contributed by atoms with Gasteiger partial charge in [-0.05, 0) is 36.2 Å². The lowest BCUT2D eigenvalue weighted by Gasteiger charge is -2.35. The van der Waals surface area contributed by atoms with Gasteiger partial charge in [0.15, 0.2) is 0 Å². The lowest BCUT2D eigenvalue weighted by Crippen LogP contribution is -2.43. The lowest BCUT2D eigenvalue weighted by atomic mass is 10.1. The Morgan fingerprint density at radius 3 is 2.61 bits per heavy atom. The average Bonchev–Trinajstić information content (AvgIpc) is 2.53. The highest BCUT2D eigenvalue weighted by Crippen LogP contribution is 2.40. The van der Waals surface area contributed by atoms with E-state index in [1.54, 1.807) is 16.7 Å². The van der Waals surface area contributed by atoms with Crippen LogP contribution in [-0.4, -0.2) is 27.9 Å². The molecule has 6 heteroatoms. The molecule has 1 aliphatic rings. The zero-order valence-electron chi connectivity index (χ0n) is 12.1. The number of carboxylic acid groups (broad SMARTS) is 1. The number of para-hydroxylation sites is 1. The maximum atomic E-state index is 11.2. The summed E-state index contributed by atoms with van der Waals surface area (Å²) < 4.78 is 0. The van der Waals surface area contributed by atoms with Crippen molar-refractivity contribution in [2.24, 2.45) is 0 Å². The smallest absolute Gasteiger partial charge is 0.323 e. The first-order valence-electron chi connectivity index (χ1n) is 7.08. The Balaban J connectivity index is 1.89. The summed E-state index contributed by atoms with van der Waals surface area (Å²) in [5.74, 6) is -0.890. The largest absolute Gasteiger partial charge is 0.480 e. The molecule has 0 saturated carbocycles. The molecule has 3 rings (SSSR count). The molecule has 0 radical (unpaired) electrons. The topological polar surface area (TPSA) is 40.5 Å². The lowest BCUT2D eigenvalue weighted by molar-refractivity contribution is -0.135. The molecule has 1 heterocycles. The van der Waals surface area contributed by atoms with Crippen LogP contribution in [0.15, 0.2) is 53.4 Å². The number of nitrogens with zero attached hydrogens (tertiary/aromatic N) is 1. The van der Waals surface area contributed by atoms with Gasteiger partial charge in [-0.25, -0.2) is 0 Å². The van der Waals surface area contributed by atoms with Gasteiger partial charge in [0.2, 0.25) is 0 Å². The molecule has 1 aliphatic heterocycles. The van der Waals surface area contributed by atoms with Gasteiger partial charge in [0.1, 0.15) is 6.54 Å². The minimum atomic E-state index is -0.890. The monoisotopic (exact) mass is 363 g/mol. The summed E-state index contributed by atoms with van der Waals surface area (Å²) in [6.45, 7) is -0.118. The number of hydrogen-bond donors (Lipinski definition) is 1. The zero-order chi connectivity index (χ0) is 16.4. The summed E-state index contributed by atoms with van der Waals surface area (Å²) in [4.78, 5) is 14.6. The number of hydrogen-bond acceptors (Lipinski definition) is 3. The van der Waals surface area contributed by atoms with Crippen LogP contribution in [0.5, 0.6) is 0 Å². The number of carbonyl (C=O) groups is 1. The number of rotatable bonds is 4. The fourth-order valence-electron chi connectivity index (χ4n) is 2.54. The van der Waals surface area contributed by atoms with Gasteiger partial charge >= 0.3 is 5.97 Å². The van der Waals surface area contributed by atoms with Crippen LogP contribution < -0.4 is 4.90 Å². The second-order valence-electron chi connectivity index (χ2n) is 5.22. The van der Waals surface area contributed by atoms with Crippen molar-refractivity contribution in [3.8, 4) is 0 Å². The predicted octanol–water partition coefficient (Wildman–Crippen LogP) is 4.28. The van der Waals surface area contributed by atoms with Gasteiger partial charge in [-0.3, -0.25) is 4.79 Å². The highest BCUT2D eigenvalue weighted by atomic mass is 35.5. The van der Waals surface area contributed by atoms with Crippen molar-refractivity contribution in [1.82, 2.24) is 0 Å². The van der Waals surface area contributed by atoms with Crippen LogP contribution in [0.25, 0.3) is 0 Å². The van der Waals surface area contributed by atoms with E-state index in [0.29, 0.717) is 10.0 Å². The Labute approximate surface area is 149 Å². The summed E-state index contributed by atoms with van der Waals surface area (Å²) in [5, 5.41) is 9.92. The van der Waals surface area contributed by atoms with Crippen LogP contribution in [0.2, 0.25) is 5.02 Å². The Morgan fingerprint density at radius 2 is 1.91 bits per heavy atom. The first-order chi connectivity index (χ1) is 11.0. The molecule has 1 N–H and O–H groups in total. The predicted molar refractivity (Wildman–Crippen MR) is 98.8 cm³/mol. The minimum absolute atomic E-state index is 0.0282. The molecule has 2 aromatic carbocycles. The van der Waals surface area contributed by atoms with Crippen molar-refractivity contribution < 1.29 is 9.90 Å². The third-order valence-corrected chi connectivity index (χ3v) is 5.77. The summed E-state index contributed by atoms with van der Waals surface area (Å²) >= 11 is 13.2. The van der Waals surface area contributed by atoms with Crippen molar-refractivity contribution in [3.05, 3.63) is 59.1 Å². The number of anilines is 1. The maximum Gasteiger partial charge on any atom is 0.323 e. The van der Waals surface area contributed by atoms with Crippen LogP contribution in [-0.2, 0) is 11.2 Å². The molecule has 0 spiro atoms. The number of thioether (sulfide) groups is 1. The van der Waals surface area contributed by atoms with Gasteiger partial charge in [0, 0.05) is 9.92 Å². The van der Waals surface area contributed by atoms with Crippen molar-refractivity contribution in [2.75, 3.05) is 11.4 Å². The summed E-state index contributed by atoms with van der Waals surface area (Å²) in [5.41, 5.74) is 2.00. The van der Waals surface area contributed by atoms with Crippen LogP contribution in [0.3, 0.4) is 0 Å². The number of fused-ring (bicyclic) bond motifs is 1. The molecule has 1 unspecified atom stereocenters. The molecule has 2 aromatic rings. The Kier molecular flexibility index (Phi) is 4.90. The molecular formula is C17H14ClNO2S2. The molecule has 0 aliphatic carbocycles. The van der Waals surface area contributed by atoms with Crippen molar-refractivity contribution >= 4 is 52.2 Å². The Hall–Kier alpha value is -1.56. The molecule has 0 fully saturated rings. The van der Waals surface area contributed by atoms with Crippen LogP contribution in [0.4, 0.5) is 5.69 Å². The molecule has 0 bridgehead atoms. The second kappa shape index (κ2) is 6.91. The van der Waals surface area contributed by atoms with E-state index in [2.05, 4.69) is 0 Å². The SMILES string of the molecule is O=C(O)CN1C(=S)C(Cc2ccc(Cl)cc2)Sc2ccccc21. The van der Waals surface area contributed by atoms with Crippen molar-refractivity contribution in [2.45, 2.75) is 16.6 Å². The second-order valence-corrected chi connectivity index (χ2v) is 7.32. The zero-order valence-corrected chi connectivity index (χ0v) is 14.5. The third-order valence-electron chi connectivity index (χ3n) is 3.59. The quantitative estimate of drug-likeness (QED) is 0.821. The molecular weight excluding hydrogens is 350 g/mol. The standard InChI is InChI=1S/C17H14ClNO2S2/c18-12-7-5-11(6-8-12)9-15-17(22)19(10-16(20)21)13-3-1-2-4-14(13)23-15/h1-8,15H,9-10H2,(H,20,21). The van der Waals surface area contributed by atoms with Gasteiger partial charge in [0.05, 0.1) is 15.9 Å². The van der Waals surface area contributed by atoms with Crippen LogP contribution >= 0.6 is 35.6 Å². The summed E-state index contributed by atoms with van der Waals surface area (Å²) in [6.07, 6.45) is 0.741. The van der Waals surface area contributed by atoms with Gasteiger partial charge in [-0.1, -0.05) is 48.1 Å². The van der Waals surface area contributed by atoms with Crippen LogP contribution in [0.1, 0.15) is 5.56 Å². The Bertz CT molecular complexity index is 749. The fourth-order valence-corrected chi connectivity index (χ4v) is 4.32. The van der Waals surface area contributed by atoms with Crippen LogP contribution in [0, 0.1) is 0 Å². The highest BCUT2D eigenvalue weighted by Gasteiger charge is 2.31. The number of aliphatic carboxylic acids is 1. The van der Waals surface area contributed by atoms with Gasteiger partial charge in [-0.2, -0.15) is 0 Å². The third kappa shape index (κ3) is 3.68. The molecule has 1 atom stereocenters. The van der Waals surface area contributed by atoms with E-state index in [1.165, 1.54) is 0 Å². The maximum absolute atomic E-state index is 11.2. The fraction of sp³-hybridized carbons (Fsp3) is 0.176. The van der Waals surface area contributed by atoms with Gasteiger partial charge < -0.3 is 10.0 Å². The summed E-state index contributed by atoms with van der Waals surface area (Å²) in [7, 11) is 0. The molecule has 118 valence electrons. The molecule has 0 amide bonds. The van der Waals surface area contributed by atoms with E-state index in [9.17, 15) is 9.90 Å². The first kappa shape index (κ1) is 16.3. The van der Waals surface area contributed by atoms with E-state index in [1.807, 2.05) is 48.5 Å². The number of halogens is 1. The van der Waals surface area contributed by atoms with Gasteiger partial charge in [0.25, 0.3) is 0 Å². The highest BCUT2D eigenvalue weighted by molar-refractivity contribution is 8.02. The molecule has 3 nitrogen and oxygen atoms in total. The van der Waals surface area contributed by atoms with E-state index in [4.69, 9.17) is 23.8 Å². The van der Waals surface area contributed by atoms with E-state index < -0.39 is 5.97 Å². The molecule has 0 saturated heterocycles. The van der Waals surface area contributed by atoms with E-state index >= 15 is 0 Å². The van der Waals surface area contributed by atoms with E-state index in [0.717, 1.165) is 22.6 Å². The molecule has 0 aromatic heterocycles. The van der Waals surface area contributed by atoms with E-state index in [-0.39, 0.29) is 11.8 Å². The Morgan fingerprint density at radius 1 is 1.22 bits per heavy atom. The average molecular weight is 364 g/mol. The van der Waals surface area contributed by atoms with Gasteiger partial charge in [-0.15, -0.1) is 11.8 Å². The van der Waals surface area contributed by atoms with Crippen molar-refractivity contribution in [3.63, 3.8) is 0 Å². The number of benzene rings is 2. The molecule has 23 heavy (non-hydrogen) atoms. The number of thiocarbonyl (C=S) groups is 1.